The number of alkyl halides is 1. The van der Waals surface area contributed by atoms with E-state index in [-0.39, 0.29) is 0 Å². The van der Waals surface area contributed by atoms with Gasteiger partial charge in [-0.25, -0.2) is 4.98 Å². The van der Waals surface area contributed by atoms with E-state index in [1.54, 1.807) is 11.3 Å². The Labute approximate surface area is 118 Å². The molecule has 2 saturated heterocycles. The molecular weight excluding hydrogens is 266 g/mol. The van der Waals surface area contributed by atoms with Crippen LogP contribution in [0.2, 0.25) is 0 Å². The number of nitrogens with zero attached hydrogens (tertiary/aromatic N) is 3. The third-order valence-corrected chi connectivity index (χ3v) is 5.31. The Morgan fingerprint density at radius 2 is 2.33 bits per heavy atom. The molecule has 2 unspecified atom stereocenters. The first-order chi connectivity index (χ1) is 8.78. The second-order valence-electron chi connectivity index (χ2n) is 5.40. The van der Waals surface area contributed by atoms with Gasteiger partial charge in [-0.1, -0.05) is 6.42 Å². The number of piperidine rings is 1. The summed E-state index contributed by atoms with van der Waals surface area (Å²) in [6, 6.07) is 1.30. The molecule has 0 bridgehead atoms. The van der Waals surface area contributed by atoms with Gasteiger partial charge in [-0.15, -0.1) is 22.9 Å². The lowest BCUT2D eigenvalue weighted by Crippen LogP contribution is -2.58. The van der Waals surface area contributed by atoms with Crippen molar-refractivity contribution in [1.82, 2.24) is 9.88 Å². The van der Waals surface area contributed by atoms with E-state index in [0.717, 1.165) is 23.4 Å². The molecule has 18 heavy (non-hydrogen) atoms. The number of fused-ring (bicyclic) bond motifs is 1. The number of halogens is 1. The molecule has 0 N–H and O–H groups in total. The number of rotatable bonds is 2. The predicted octanol–water partition coefficient (Wildman–Crippen LogP) is 2.94. The molecule has 0 amide bonds. The van der Waals surface area contributed by atoms with E-state index < -0.39 is 0 Å². The van der Waals surface area contributed by atoms with E-state index in [1.165, 1.54) is 32.4 Å². The Balaban J connectivity index is 1.75. The topological polar surface area (TPSA) is 19.4 Å². The maximum absolute atomic E-state index is 5.84. The third-order valence-electron chi connectivity index (χ3n) is 4.11. The minimum absolute atomic E-state index is 0.522. The summed E-state index contributed by atoms with van der Waals surface area (Å²) in [7, 11) is 0. The maximum Gasteiger partial charge on any atom is 0.185 e. The first-order valence-electron chi connectivity index (χ1n) is 6.79. The standard InChI is InChI=1S/C13H20ClN3S/c1-10-7-16-5-3-2-4-12(16)8-17(10)13-15-11(6-14)9-18-13/h9-10,12H,2-8H2,1H3. The van der Waals surface area contributed by atoms with Gasteiger partial charge in [-0.2, -0.15) is 0 Å². The van der Waals surface area contributed by atoms with Crippen LogP contribution in [0.3, 0.4) is 0 Å². The maximum atomic E-state index is 5.84. The number of anilines is 1. The molecule has 1 aromatic rings. The van der Waals surface area contributed by atoms with Crippen LogP contribution < -0.4 is 4.90 Å². The van der Waals surface area contributed by atoms with Crippen LogP contribution in [-0.4, -0.2) is 41.6 Å². The van der Waals surface area contributed by atoms with Gasteiger partial charge in [0, 0.05) is 30.6 Å². The molecule has 5 heteroatoms. The van der Waals surface area contributed by atoms with Gasteiger partial charge >= 0.3 is 0 Å². The highest BCUT2D eigenvalue weighted by Crippen LogP contribution is 2.30. The van der Waals surface area contributed by atoms with Crippen molar-refractivity contribution in [3.05, 3.63) is 11.1 Å². The number of hydrogen-bond donors (Lipinski definition) is 0. The molecule has 0 spiro atoms. The fourth-order valence-corrected chi connectivity index (χ4v) is 4.27. The summed E-state index contributed by atoms with van der Waals surface area (Å²) in [6.07, 6.45) is 4.10. The van der Waals surface area contributed by atoms with Crippen molar-refractivity contribution in [2.75, 3.05) is 24.5 Å². The van der Waals surface area contributed by atoms with Crippen molar-refractivity contribution in [2.24, 2.45) is 0 Å². The Bertz CT molecular complexity index is 409. The minimum atomic E-state index is 0.522. The SMILES string of the molecule is CC1CN2CCCCC2CN1c1nc(CCl)cs1. The van der Waals surface area contributed by atoms with Crippen molar-refractivity contribution in [1.29, 1.82) is 0 Å². The third kappa shape index (κ3) is 2.38. The highest BCUT2D eigenvalue weighted by Gasteiger charge is 2.33. The van der Waals surface area contributed by atoms with Gasteiger partial charge < -0.3 is 4.90 Å². The zero-order valence-corrected chi connectivity index (χ0v) is 12.4. The lowest BCUT2D eigenvalue weighted by atomic mass is 9.97. The Morgan fingerprint density at radius 1 is 1.44 bits per heavy atom. The van der Waals surface area contributed by atoms with Crippen LogP contribution in [0.25, 0.3) is 0 Å². The number of hydrogen-bond acceptors (Lipinski definition) is 4. The average Bonchev–Trinajstić information content (AvgIpc) is 2.86. The first-order valence-corrected chi connectivity index (χ1v) is 8.20. The molecule has 0 radical (unpaired) electrons. The second-order valence-corrected chi connectivity index (χ2v) is 6.50. The average molecular weight is 286 g/mol. The van der Waals surface area contributed by atoms with Gasteiger partial charge in [-0.05, 0) is 26.3 Å². The van der Waals surface area contributed by atoms with Gasteiger partial charge in [0.2, 0.25) is 0 Å². The highest BCUT2D eigenvalue weighted by atomic mass is 35.5. The normalized spacial score (nSPS) is 29.3. The summed E-state index contributed by atoms with van der Waals surface area (Å²) in [6.45, 7) is 5.91. The summed E-state index contributed by atoms with van der Waals surface area (Å²) in [5.74, 6) is 0.522. The summed E-state index contributed by atoms with van der Waals surface area (Å²) in [5, 5.41) is 3.24. The Morgan fingerprint density at radius 3 is 3.11 bits per heavy atom. The van der Waals surface area contributed by atoms with Crippen LogP contribution in [0.1, 0.15) is 31.9 Å². The number of piperazine rings is 1. The molecule has 3 heterocycles. The molecule has 0 aromatic carbocycles. The molecule has 2 aliphatic heterocycles. The van der Waals surface area contributed by atoms with E-state index in [2.05, 4.69) is 27.1 Å². The Hall–Kier alpha value is -0.320. The molecule has 3 nitrogen and oxygen atoms in total. The van der Waals surface area contributed by atoms with Gasteiger partial charge in [-0.3, -0.25) is 4.90 Å². The van der Waals surface area contributed by atoms with Gasteiger partial charge in [0.25, 0.3) is 0 Å². The van der Waals surface area contributed by atoms with Crippen LogP contribution in [0.4, 0.5) is 5.13 Å². The molecule has 1 aromatic heterocycles. The second kappa shape index (κ2) is 5.35. The lowest BCUT2D eigenvalue weighted by Gasteiger charge is -2.47. The highest BCUT2D eigenvalue weighted by molar-refractivity contribution is 7.13. The zero-order valence-electron chi connectivity index (χ0n) is 10.8. The van der Waals surface area contributed by atoms with Crippen LogP contribution in [0.5, 0.6) is 0 Å². The number of aromatic nitrogens is 1. The summed E-state index contributed by atoms with van der Waals surface area (Å²) in [5.41, 5.74) is 1.01. The van der Waals surface area contributed by atoms with Crippen LogP contribution in [-0.2, 0) is 5.88 Å². The smallest absolute Gasteiger partial charge is 0.185 e. The van der Waals surface area contributed by atoms with Gasteiger partial charge in [0.1, 0.15) is 0 Å². The van der Waals surface area contributed by atoms with Crippen molar-refractivity contribution in [3.63, 3.8) is 0 Å². The molecule has 0 aliphatic carbocycles. The molecule has 2 atom stereocenters. The molecule has 100 valence electrons. The monoisotopic (exact) mass is 285 g/mol. The fourth-order valence-electron chi connectivity index (χ4n) is 3.11. The summed E-state index contributed by atoms with van der Waals surface area (Å²) < 4.78 is 0. The molecule has 0 saturated carbocycles. The van der Waals surface area contributed by atoms with E-state index in [0.29, 0.717) is 11.9 Å². The van der Waals surface area contributed by atoms with Gasteiger partial charge in [0.15, 0.2) is 5.13 Å². The van der Waals surface area contributed by atoms with Gasteiger partial charge in [0.05, 0.1) is 11.6 Å². The zero-order chi connectivity index (χ0) is 12.5. The summed E-state index contributed by atoms with van der Waals surface area (Å²) in [4.78, 5) is 9.78. The van der Waals surface area contributed by atoms with E-state index in [9.17, 15) is 0 Å². The van der Waals surface area contributed by atoms with E-state index in [1.807, 2.05) is 0 Å². The van der Waals surface area contributed by atoms with Crippen molar-refractivity contribution in [2.45, 2.75) is 44.1 Å². The molecule has 2 aliphatic rings. The van der Waals surface area contributed by atoms with E-state index >= 15 is 0 Å². The fraction of sp³-hybridized carbons (Fsp3) is 0.769. The largest absolute Gasteiger partial charge is 0.343 e. The minimum Gasteiger partial charge on any atom is -0.343 e. The van der Waals surface area contributed by atoms with Crippen LogP contribution in [0, 0.1) is 0 Å². The predicted molar refractivity (Wildman–Crippen MR) is 77.7 cm³/mol. The van der Waals surface area contributed by atoms with Crippen LogP contribution in [0.15, 0.2) is 5.38 Å². The molecular formula is C13H20ClN3S. The molecule has 3 rings (SSSR count). The van der Waals surface area contributed by atoms with Crippen LogP contribution >= 0.6 is 22.9 Å². The van der Waals surface area contributed by atoms with Crippen molar-refractivity contribution in [3.8, 4) is 0 Å². The first kappa shape index (κ1) is 12.7. The van der Waals surface area contributed by atoms with Crippen molar-refractivity contribution >= 4 is 28.1 Å². The lowest BCUT2D eigenvalue weighted by molar-refractivity contribution is 0.115. The Kier molecular flexibility index (Phi) is 3.78. The van der Waals surface area contributed by atoms with E-state index in [4.69, 9.17) is 11.6 Å². The summed E-state index contributed by atoms with van der Waals surface area (Å²) >= 11 is 7.58. The van der Waals surface area contributed by atoms with Crippen molar-refractivity contribution < 1.29 is 0 Å². The molecule has 2 fully saturated rings. The quantitative estimate of drug-likeness (QED) is 0.779. The number of thiazole rings is 1.